The first kappa shape index (κ1) is 18.5. The molecular weight excluding hydrogens is 400 g/mol. The Hall–Kier alpha value is -0.500. The number of nitrogens with zero attached hydrogens (tertiary/aromatic N) is 2. The molecule has 1 fully saturated rings. The molecule has 1 heterocycles. The minimum atomic E-state index is -0.201. The summed E-state index contributed by atoms with van der Waals surface area (Å²) >= 11 is 2.00. The van der Waals surface area contributed by atoms with E-state index in [1.165, 1.54) is 12.1 Å². The summed E-state index contributed by atoms with van der Waals surface area (Å²) in [6.45, 7) is 7.18. The maximum Gasteiger partial charge on any atom is 0.193 e. The highest BCUT2D eigenvalue weighted by Gasteiger charge is 2.28. The number of thioether (sulfide) groups is 1. The summed E-state index contributed by atoms with van der Waals surface area (Å²) in [4.78, 5) is 6.65. The van der Waals surface area contributed by atoms with E-state index in [-0.39, 0.29) is 34.5 Å². The lowest BCUT2D eigenvalue weighted by Gasteiger charge is -2.39. The van der Waals surface area contributed by atoms with Crippen molar-refractivity contribution in [2.75, 3.05) is 25.9 Å². The molecule has 0 unspecified atom stereocenters. The van der Waals surface area contributed by atoms with E-state index in [2.05, 4.69) is 29.1 Å². The summed E-state index contributed by atoms with van der Waals surface area (Å²) in [6.07, 6.45) is 0. The molecule has 6 heteroatoms. The van der Waals surface area contributed by atoms with Gasteiger partial charge in [-0.3, -0.25) is 4.99 Å². The fraction of sp³-hybridized carbons (Fsp3) is 0.533. The third-order valence-electron chi connectivity index (χ3n) is 3.30. The van der Waals surface area contributed by atoms with Crippen LogP contribution in [-0.2, 0) is 6.54 Å². The molecule has 1 aliphatic rings. The van der Waals surface area contributed by atoms with Crippen LogP contribution in [-0.4, -0.2) is 41.5 Å². The molecule has 1 aromatic carbocycles. The minimum absolute atomic E-state index is 0. The summed E-state index contributed by atoms with van der Waals surface area (Å²) < 4.78 is 13.1. The van der Waals surface area contributed by atoms with E-state index in [1.807, 2.05) is 18.8 Å². The van der Waals surface area contributed by atoms with Gasteiger partial charge in [-0.2, -0.15) is 11.8 Å². The van der Waals surface area contributed by atoms with E-state index >= 15 is 0 Å². The third kappa shape index (κ3) is 5.65. The van der Waals surface area contributed by atoms with Crippen molar-refractivity contribution in [3.8, 4) is 0 Å². The summed E-state index contributed by atoms with van der Waals surface area (Å²) in [5.41, 5.74) is 1.05. The smallest absolute Gasteiger partial charge is 0.193 e. The van der Waals surface area contributed by atoms with Gasteiger partial charge in [0.15, 0.2) is 5.96 Å². The van der Waals surface area contributed by atoms with Crippen LogP contribution >= 0.6 is 35.7 Å². The van der Waals surface area contributed by atoms with E-state index in [0.29, 0.717) is 6.54 Å². The molecule has 0 atom stereocenters. The third-order valence-corrected chi connectivity index (χ3v) is 4.60. The molecule has 3 nitrogen and oxygen atoms in total. The highest BCUT2D eigenvalue weighted by atomic mass is 127. The van der Waals surface area contributed by atoms with Crippen LogP contribution in [0.5, 0.6) is 0 Å². The van der Waals surface area contributed by atoms with Gasteiger partial charge in [-0.15, -0.1) is 24.0 Å². The van der Waals surface area contributed by atoms with Crippen molar-refractivity contribution in [2.45, 2.75) is 25.1 Å². The highest BCUT2D eigenvalue weighted by molar-refractivity contribution is 14.0. The van der Waals surface area contributed by atoms with Crippen LogP contribution in [0.4, 0.5) is 4.39 Å². The van der Waals surface area contributed by atoms with Gasteiger partial charge in [0.2, 0.25) is 0 Å². The van der Waals surface area contributed by atoms with Gasteiger partial charge in [0, 0.05) is 37.2 Å². The lowest BCUT2D eigenvalue weighted by atomic mass is 10.2. The van der Waals surface area contributed by atoms with E-state index in [1.54, 1.807) is 12.1 Å². The normalized spacial score (nSPS) is 18.1. The van der Waals surface area contributed by atoms with Gasteiger partial charge >= 0.3 is 0 Å². The van der Waals surface area contributed by atoms with Crippen LogP contribution in [0, 0.1) is 5.82 Å². The van der Waals surface area contributed by atoms with Gasteiger partial charge in [-0.25, -0.2) is 4.39 Å². The molecule has 0 aliphatic carbocycles. The number of aliphatic imine (C=N–C) groups is 1. The van der Waals surface area contributed by atoms with Crippen molar-refractivity contribution in [1.82, 2.24) is 10.2 Å². The summed E-state index contributed by atoms with van der Waals surface area (Å²) in [6, 6.07) is 6.57. The molecule has 0 amide bonds. The number of hydrogen-bond acceptors (Lipinski definition) is 2. The van der Waals surface area contributed by atoms with Gasteiger partial charge < -0.3 is 10.2 Å². The van der Waals surface area contributed by atoms with Crippen molar-refractivity contribution in [1.29, 1.82) is 0 Å². The molecule has 1 N–H and O–H groups in total. The monoisotopic (exact) mass is 423 g/mol. The van der Waals surface area contributed by atoms with Crippen LogP contribution in [0.1, 0.15) is 19.4 Å². The standard InChI is InChI=1S/C15H22FN3S.HI/c1-15(2)11-19(8-9-20-15)14(17-3)18-10-12-4-6-13(16)7-5-12;/h4-7H,8-11H2,1-3H3,(H,17,18);1H. The Balaban J connectivity index is 0.00000220. The van der Waals surface area contributed by atoms with Crippen LogP contribution in [0.3, 0.4) is 0 Å². The van der Waals surface area contributed by atoms with Gasteiger partial charge in [0.05, 0.1) is 0 Å². The topological polar surface area (TPSA) is 27.6 Å². The Kier molecular flexibility index (Phi) is 7.26. The summed E-state index contributed by atoms with van der Waals surface area (Å²) in [7, 11) is 1.81. The lowest BCUT2D eigenvalue weighted by Crippen LogP contribution is -2.50. The zero-order valence-corrected chi connectivity index (χ0v) is 15.9. The molecule has 0 aromatic heterocycles. The maximum absolute atomic E-state index is 12.9. The molecule has 1 saturated heterocycles. The van der Waals surface area contributed by atoms with Crippen molar-refractivity contribution in [3.63, 3.8) is 0 Å². The van der Waals surface area contributed by atoms with Crippen molar-refractivity contribution in [2.24, 2.45) is 4.99 Å². The first-order valence-corrected chi connectivity index (χ1v) is 7.83. The zero-order valence-electron chi connectivity index (χ0n) is 12.7. The van der Waals surface area contributed by atoms with E-state index in [4.69, 9.17) is 0 Å². The number of halogens is 2. The first-order valence-electron chi connectivity index (χ1n) is 6.84. The second-order valence-corrected chi connectivity index (χ2v) is 7.36. The van der Waals surface area contributed by atoms with Crippen molar-refractivity contribution < 1.29 is 4.39 Å². The number of guanidine groups is 1. The number of rotatable bonds is 2. The molecule has 0 bridgehead atoms. The molecule has 1 aromatic rings. The largest absolute Gasteiger partial charge is 0.352 e. The quantitative estimate of drug-likeness (QED) is 0.449. The van der Waals surface area contributed by atoms with E-state index in [9.17, 15) is 4.39 Å². The summed E-state index contributed by atoms with van der Waals surface area (Å²) in [5.74, 6) is 1.83. The van der Waals surface area contributed by atoms with E-state index < -0.39 is 0 Å². The van der Waals surface area contributed by atoms with Crippen LogP contribution in [0.25, 0.3) is 0 Å². The van der Waals surface area contributed by atoms with Gasteiger partial charge in [0.25, 0.3) is 0 Å². The zero-order chi connectivity index (χ0) is 14.6. The molecule has 0 saturated carbocycles. The first-order chi connectivity index (χ1) is 9.50. The average Bonchev–Trinajstić information content (AvgIpc) is 2.40. The second-order valence-electron chi connectivity index (χ2n) is 5.56. The predicted molar refractivity (Wildman–Crippen MR) is 100 cm³/mol. The van der Waals surface area contributed by atoms with Gasteiger partial charge in [-0.05, 0) is 31.5 Å². The number of benzene rings is 1. The molecule has 118 valence electrons. The Morgan fingerprint density at radius 3 is 2.62 bits per heavy atom. The molecule has 0 spiro atoms. The van der Waals surface area contributed by atoms with Crippen molar-refractivity contribution >= 4 is 41.7 Å². The van der Waals surface area contributed by atoms with Gasteiger partial charge in [-0.1, -0.05) is 12.1 Å². The highest BCUT2D eigenvalue weighted by Crippen LogP contribution is 2.29. The van der Waals surface area contributed by atoms with Crippen LogP contribution in [0.15, 0.2) is 29.3 Å². The van der Waals surface area contributed by atoms with Crippen LogP contribution < -0.4 is 5.32 Å². The molecule has 0 radical (unpaired) electrons. The minimum Gasteiger partial charge on any atom is -0.352 e. The van der Waals surface area contributed by atoms with E-state index in [0.717, 1.165) is 30.4 Å². The summed E-state index contributed by atoms with van der Waals surface area (Å²) in [5, 5.41) is 3.36. The Morgan fingerprint density at radius 2 is 2.05 bits per heavy atom. The maximum atomic E-state index is 12.9. The van der Waals surface area contributed by atoms with Crippen LogP contribution in [0.2, 0.25) is 0 Å². The Labute approximate surface area is 147 Å². The number of hydrogen-bond donors (Lipinski definition) is 1. The molecule has 1 aliphatic heterocycles. The fourth-order valence-electron chi connectivity index (χ4n) is 2.31. The fourth-order valence-corrected chi connectivity index (χ4v) is 3.42. The molecule has 2 rings (SSSR count). The second kappa shape index (κ2) is 8.22. The SMILES string of the molecule is CN=C(NCc1ccc(F)cc1)N1CCSC(C)(C)C1.I. The lowest BCUT2D eigenvalue weighted by molar-refractivity contribution is 0.375. The molecular formula is C15H23FIN3S. The van der Waals surface area contributed by atoms with Gasteiger partial charge in [0.1, 0.15) is 5.82 Å². The van der Waals surface area contributed by atoms with Crippen molar-refractivity contribution in [3.05, 3.63) is 35.6 Å². The Morgan fingerprint density at radius 1 is 1.38 bits per heavy atom. The predicted octanol–water partition coefficient (Wildman–Crippen LogP) is 3.35. The number of nitrogens with one attached hydrogen (secondary N) is 1. The average molecular weight is 423 g/mol. The Bertz CT molecular complexity index is 476. The molecule has 21 heavy (non-hydrogen) atoms.